The van der Waals surface area contributed by atoms with E-state index in [9.17, 15) is 9.18 Å². The molecule has 6 rings (SSSR count). The average Bonchev–Trinajstić information content (AvgIpc) is 3.57. The molecule has 3 atom stereocenters. The Morgan fingerprint density at radius 3 is 2.84 bits per heavy atom. The van der Waals surface area contributed by atoms with Crippen LogP contribution in [0.15, 0.2) is 60.9 Å². The molecule has 3 saturated heterocycles. The highest BCUT2D eigenvalue weighted by Crippen LogP contribution is 2.57. The summed E-state index contributed by atoms with van der Waals surface area (Å²) in [6.45, 7) is 1.49. The minimum absolute atomic E-state index is 0.0128. The van der Waals surface area contributed by atoms with Crippen LogP contribution < -0.4 is 9.64 Å². The van der Waals surface area contributed by atoms with Crippen LogP contribution in [0.4, 0.5) is 10.1 Å². The van der Waals surface area contributed by atoms with E-state index in [4.69, 9.17) is 4.74 Å². The van der Waals surface area contributed by atoms with Crippen LogP contribution in [0.5, 0.6) is 5.75 Å². The molecule has 3 fully saturated rings. The van der Waals surface area contributed by atoms with Crippen molar-refractivity contribution in [2.45, 2.75) is 30.8 Å². The molecule has 3 aliphatic rings. The van der Waals surface area contributed by atoms with E-state index < -0.39 is 5.54 Å². The van der Waals surface area contributed by atoms with E-state index in [1.54, 1.807) is 30.1 Å². The molecule has 2 aromatic carbocycles. The molecule has 6 nitrogen and oxygen atoms in total. The van der Waals surface area contributed by atoms with Crippen molar-refractivity contribution < 1.29 is 13.9 Å². The van der Waals surface area contributed by atoms with E-state index in [1.807, 2.05) is 41.4 Å². The Labute approximate surface area is 186 Å². The molecule has 0 saturated carbocycles. The van der Waals surface area contributed by atoms with Crippen molar-refractivity contribution >= 4 is 11.6 Å². The number of nitrogens with zero attached hydrogens (tertiary/aromatic N) is 4. The zero-order valence-corrected chi connectivity index (χ0v) is 17.9. The molecule has 3 aliphatic heterocycles. The fraction of sp³-hybridized carbons (Fsp3) is 0.360. The summed E-state index contributed by atoms with van der Waals surface area (Å²) in [6.07, 6.45) is 6.22. The minimum Gasteiger partial charge on any atom is -0.495 e. The van der Waals surface area contributed by atoms with Crippen molar-refractivity contribution in [2.75, 3.05) is 25.1 Å². The van der Waals surface area contributed by atoms with Crippen LogP contribution in [0, 0.1) is 11.7 Å². The highest BCUT2D eigenvalue weighted by atomic mass is 19.1. The van der Waals surface area contributed by atoms with Crippen LogP contribution in [-0.4, -0.2) is 46.3 Å². The molecule has 1 amide bonds. The zero-order valence-electron chi connectivity index (χ0n) is 17.9. The number of carbonyl (C=O) groups excluding carboxylic acids is 1. The van der Waals surface area contributed by atoms with Crippen LogP contribution in [0.1, 0.15) is 30.9 Å². The first-order chi connectivity index (χ1) is 15.6. The molecule has 32 heavy (non-hydrogen) atoms. The number of hydrogen-bond donors (Lipinski definition) is 0. The predicted molar refractivity (Wildman–Crippen MR) is 118 cm³/mol. The maximum absolute atomic E-state index is 14.4. The van der Waals surface area contributed by atoms with Gasteiger partial charge in [-0.2, -0.15) is 5.10 Å². The molecule has 0 unspecified atom stereocenters. The molecule has 0 bridgehead atoms. The van der Waals surface area contributed by atoms with Gasteiger partial charge in [0.1, 0.15) is 17.1 Å². The summed E-state index contributed by atoms with van der Waals surface area (Å²) in [5.74, 6) is 0.776. The second-order valence-electron chi connectivity index (χ2n) is 8.91. The smallest absolute Gasteiger partial charge is 0.248 e. The molecule has 0 radical (unpaired) electrons. The second kappa shape index (κ2) is 7.17. The maximum Gasteiger partial charge on any atom is 0.248 e. The fourth-order valence-corrected chi connectivity index (χ4v) is 6.26. The first-order valence-electron chi connectivity index (χ1n) is 11.1. The second-order valence-corrected chi connectivity index (χ2v) is 8.91. The number of rotatable bonds is 4. The number of para-hydroxylation sites is 2. The number of aromatic nitrogens is 2. The van der Waals surface area contributed by atoms with Crippen molar-refractivity contribution in [2.24, 2.45) is 5.92 Å². The van der Waals surface area contributed by atoms with Crippen molar-refractivity contribution in [3.63, 3.8) is 0 Å². The van der Waals surface area contributed by atoms with E-state index in [1.165, 1.54) is 6.07 Å². The van der Waals surface area contributed by atoms with E-state index in [0.717, 1.165) is 42.7 Å². The largest absolute Gasteiger partial charge is 0.495 e. The number of carbonyl (C=O) groups is 1. The third-order valence-corrected chi connectivity index (χ3v) is 7.52. The van der Waals surface area contributed by atoms with Gasteiger partial charge in [0.25, 0.3) is 0 Å². The van der Waals surface area contributed by atoms with Crippen LogP contribution in [0.3, 0.4) is 0 Å². The SMILES string of the molecule is COc1ccccc1N1C[C@@H]2C[C@@H](c3cc(F)ccc3-n3cccn3)N3CCC[C@@]23C1=O. The zero-order chi connectivity index (χ0) is 21.9. The summed E-state index contributed by atoms with van der Waals surface area (Å²) < 4.78 is 21.7. The molecule has 0 N–H and O–H groups in total. The van der Waals surface area contributed by atoms with Crippen LogP contribution in [-0.2, 0) is 4.79 Å². The normalized spacial score (nSPS) is 27.1. The van der Waals surface area contributed by atoms with Gasteiger partial charge in [0.15, 0.2) is 0 Å². The first-order valence-corrected chi connectivity index (χ1v) is 11.1. The Hall–Kier alpha value is -3.19. The number of benzene rings is 2. The maximum atomic E-state index is 14.4. The lowest BCUT2D eigenvalue weighted by atomic mass is 9.85. The van der Waals surface area contributed by atoms with Gasteiger partial charge in [0, 0.05) is 30.9 Å². The number of anilines is 1. The molecule has 4 heterocycles. The highest BCUT2D eigenvalue weighted by molar-refractivity contribution is 6.04. The highest BCUT2D eigenvalue weighted by Gasteiger charge is 2.65. The summed E-state index contributed by atoms with van der Waals surface area (Å²) in [6, 6.07) is 14.4. The average molecular weight is 432 g/mol. The van der Waals surface area contributed by atoms with E-state index >= 15 is 0 Å². The molecule has 3 aromatic rings. The van der Waals surface area contributed by atoms with Crippen molar-refractivity contribution in [1.82, 2.24) is 14.7 Å². The van der Waals surface area contributed by atoms with Gasteiger partial charge in [0.05, 0.1) is 18.5 Å². The summed E-state index contributed by atoms with van der Waals surface area (Å²) in [7, 11) is 1.64. The van der Waals surface area contributed by atoms with E-state index in [2.05, 4.69) is 10.00 Å². The van der Waals surface area contributed by atoms with Crippen LogP contribution >= 0.6 is 0 Å². The van der Waals surface area contributed by atoms with Gasteiger partial charge in [-0.1, -0.05) is 12.1 Å². The molecular weight excluding hydrogens is 407 g/mol. The van der Waals surface area contributed by atoms with Gasteiger partial charge in [-0.25, -0.2) is 9.07 Å². The van der Waals surface area contributed by atoms with Gasteiger partial charge in [0.2, 0.25) is 5.91 Å². The monoisotopic (exact) mass is 432 g/mol. The first kappa shape index (κ1) is 19.5. The minimum atomic E-state index is -0.529. The predicted octanol–water partition coefficient (Wildman–Crippen LogP) is 3.96. The van der Waals surface area contributed by atoms with Crippen LogP contribution in [0.2, 0.25) is 0 Å². The summed E-state index contributed by atoms with van der Waals surface area (Å²) >= 11 is 0. The van der Waals surface area contributed by atoms with Gasteiger partial charge in [-0.05, 0) is 67.8 Å². The molecule has 164 valence electrons. The van der Waals surface area contributed by atoms with Crippen molar-refractivity contribution in [3.8, 4) is 11.4 Å². The lowest BCUT2D eigenvalue weighted by Crippen LogP contribution is -2.49. The molecule has 7 heteroatoms. The van der Waals surface area contributed by atoms with Gasteiger partial charge in [-0.3, -0.25) is 9.69 Å². The number of halogens is 1. The topological polar surface area (TPSA) is 50.6 Å². The Morgan fingerprint density at radius 2 is 2.03 bits per heavy atom. The van der Waals surface area contributed by atoms with Gasteiger partial charge < -0.3 is 9.64 Å². The summed E-state index contributed by atoms with van der Waals surface area (Å²) in [5, 5.41) is 4.38. The Kier molecular flexibility index (Phi) is 4.37. The van der Waals surface area contributed by atoms with Gasteiger partial charge >= 0.3 is 0 Å². The van der Waals surface area contributed by atoms with Crippen molar-refractivity contribution in [1.29, 1.82) is 0 Å². The Morgan fingerprint density at radius 1 is 1.16 bits per heavy atom. The molecule has 1 spiro atoms. The lowest BCUT2D eigenvalue weighted by Gasteiger charge is -2.34. The van der Waals surface area contributed by atoms with Crippen LogP contribution in [0.25, 0.3) is 5.69 Å². The van der Waals surface area contributed by atoms with Gasteiger partial charge in [-0.15, -0.1) is 0 Å². The molecular formula is C25H25FN4O2. The fourth-order valence-electron chi connectivity index (χ4n) is 6.26. The molecule has 0 aliphatic carbocycles. The lowest BCUT2D eigenvalue weighted by molar-refractivity contribution is -0.126. The van der Waals surface area contributed by atoms with E-state index in [0.29, 0.717) is 12.3 Å². The quantitative estimate of drug-likeness (QED) is 0.626. The summed E-state index contributed by atoms with van der Waals surface area (Å²) in [4.78, 5) is 18.2. The number of ether oxygens (including phenoxy) is 1. The number of hydrogen-bond acceptors (Lipinski definition) is 4. The third-order valence-electron chi connectivity index (χ3n) is 7.52. The number of amides is 1. The van der Waals surface area contributed by atoms with E-state index in [-0.39, 0.29) is 23.7 Å². The molecule has 1 aromatic heterocycles. The number of methoxy groups -OCH3 is 1. The third kappa shape index (κ3) is 2.60. The Balaban J connectivity index is 1.40. The Bertz CT molecular complexity index is 1180. The summed E-state index contributed by atoms with van der Waals surface area (Å²) in [5.41, 5.74) is 2.08. The standard InChI is InChI=1S/C25H25FN4O2/c1-32-23-7-3-2-6-21(23)28-16-17-14-22(29-12-4-10-25(17,29)24(28)31)19-15-18(26)8-9-20(19)30-13-5-11-27-30/h2-3,5-9,11,13,15,17,22H,4,10,12,14,16H2,1H3/t17-,22-,25-/m0/s1. The van der Waals surface area contributed by atoms with Crippen molar-refractivity contribution in [3.05, 3.63) is 72.3 Å².